The van der Waals surface area contributed by atoms with E-state index in [2.05, 4.69) is 47.7 Å². The maximum Gasteiger partial charge on any atom is 0.253 e. The molecule has 1 saturated carbocycles. The number of benzene rings is 1. The molecular weight excluding hydrogens is 286 g/mol. The Balaban J connectivity index is 1.72. The predicted molar refractivity (Wildman–Crippen MR) is 93.2 cm³/mol. The number of pyridine rings is 1. The zero-order valence-corrected chi connectivity index (χ0v) is 13.7. The lowest BCUT2D eigenvalue weighted by Gasteiger charge is -2.13. The molecule has 0 bridgehead atoms. The van der Waals surface area contributed by atoms with Crippen molar-refractivity contribution in [3.05, 3.63) is 53.3 Å². The van der Waals surface area contributed by atoms with Crippen molar-refractivity contribution in [3.63, 3.8) is 0 Å². The predicted octanol–water partition coefficient (Wildman–Crippen LogP) is 4.11. The van der Waals surface area contributed by atoms with Gasteiger partial charge in [0.1, 0.15) is 0 Å². The minimum Gasteiger partial charge on any atom is -0.354 e. The van der Waals surface area contributed by atoms with Gasteiger partial charge in [-0.15, -0.1) is 0 Å². The molecule has 2 N–H and O–H groups in total. The molecule has 4 nitrogen and oxygen atoms in total. The van der Waals surface area contributed by atoms with E-state index in [1.807, 2.05) is 6.07 Å². The second kappa shape index (κ2) is 6.82. The summed E-state index contributed by atoms with van der Waals surface area (Å²) in [5, 5.41) is 6.43. The van der Waals surface area contributed by atoms with Crippen LogP contribution in [0.4, 0.5) is 11.4 Å². The molecule has 1 aliphatic rings. The molecule has 1 aromatic heterocycles. The van der Waals surface area contributed by atoms with Gasteiger partial charge in [0, 0.05) is 17.9 Å². The van der Waals surface area contributed by atoms with E-state index in [1.165, 1.54) is 24.0 Å². The average Bonchev–Trinajstić information content (AvgIpc) is 2.99. The first-order valence-corrected chi connectivity index (χ1v) is 8.21. The summed E-state index contributed by atoms with van der Waals surface area (Å²) >= 11 is 0. The summed E-state index contributed by atoms with van der Waals surface area (Å²) in [5.74, 6) is -0.0338. The Bertz CT molecular complexity index is 685. The summed E-state index contributed by atoms with van der Waals surface area (Å²) < 4.78 is 0. The van der Waals surface area contributed by atoms with Crippen molar-refractivity contribution < 1.29 is 4.79 Å². The monoisotopic (exact) mass is 309 g/mol. The van der Waals surface area contributed by atoms with Gasteiger partial charge in [-0.05, 0) is 56.0 Å². The van der Waals surface area contributed by atoms with Crippen LogP contribution >= 0.6 is 0 Å². The summed E-state index contributed by atoms with van der Waals surface area (Å²) in [4.78, 5) is 16.5. The minimum absolute atomic E-state index is 0.0338. The molecule has 1 aromatic carbocycles. The summed E-state index contributed by atoms with van der Waals surface area (Å²) in [5.41, 5.74) is 4.85. The molecule has 0 unspecified atom stereocenters. The van der Waals surface area contributed by atoms with Crippen LogP contribution in [0.5, 0.6) is 0 Å². The molecular formula is C19H23N3O. The van der Waals surface area contributed by atoms with E-state index >= 15 is 0 Å². The minimum atomic E-state index is -0.0338. The van der Waals surface area contributed by atoms with Crippen molar-refractivity contribution in [2.75, 3.05) is 5.32 Å². The molecule has 1 amide bonds. The summed E-state index contributed by atoms with van der Waals surface area (Å²) in [6.45, 7) is 4.14. The Morgan fingerprint density at radius 1 is 1.00 bits per heavy atom. The average molecular weight is 309 g/mol. The number of anilines is 2. The van der Waals surface area contributed by atoms with Gasteiger partial charge < -0.3 is 10.6 Å². The Kier molecular flexibility index (Phi) is 4.60. The van der Waals surface area contributed by atoms with Gasteiger partial charge in [0.05, 0.1) is 17.4 Å². The topological polar surface area (TPSA) is 54.0 Å². The molecule has 1 fully saturated rings. The summed E-state index contributed by atoms with van der Waals surface area (Å²) in [6.07, 6.45) is 7.94. The summed E-state index contributed by atoms with van der Waals surface area (Å²) in [6, 6.07) is 8.47. The van der Waals surface area contributed by atoms with Crippen LogP contribution in [-0.4, -0.2) is 16.9 Å². The SMILES string of the molecule is Cc1cc(C)cc(Nc2cncc(C(=O)NC3CCCC3)c2)c1. The number of nitrogens with zero attached hydrogens (tertiary/aromatic N) is 1. The van der Waals surface area contributed by atoms with Gasteiger partial charge in [-0.3, -0.25) is 9.78 Å². The largest absolute Gasteiger partial charge is 0.354 e. The second-order valence-electron chi connectivity index (χ2n) is 6.42. The van der Waals surface area contributed by atoms with Crippen molar-refractivity contribution in [3.8, 4) is 0 Å². The lowest BCUT2D eigenvalue weighted by Crippen LogP contribution is -2.32. The molecule has 1 heterocycles. The Morgan fingerprint density at radius 2 is 1.70 bits per heavy atom. The molecule has 120 valence electrons. The quantitative estimate of drug-likeness (QED) is 0.893. The normalized spacial score (nSPS) is 14.7. The number of rotatable bonds is 4. The van der Waals surface area contributed by atoms with Gasteiger partial charge >= 0.3 is 0 Å². The van der Waals surface area contributed by atoms with Gasteiger partial charge in [0.25, 0.3) is 5.91 Å². The van der Waals surface area contributed by atoms with Gasteiger partial charge in [0.2, 0.25) is 0 Å². The van der Waals surface area contributed by atoms with Crippen LogP contribution in [0.3, 0.4) is 0 Å². The fourth-order valence-corrected chi connectivity index (χ4v) is 3.18. The molecule has 3 rings (SSSR count). The van der Waals surface area contributed by atoms with Crippen LogP contribution in [0, 0.1) is 13.8 Å². The molecule has 1 aliphatic carbocycles. The van der Waals surface area contributed by atoms with Crippen molar-refractivity contribution in [2.24, 2.45) is 0 Å². The highest BCUT2D eigenvalue weighted by atomic mass is 16.1. The maximum absolute atomic E-state index is 12.3. The lowest BCUT2D eigenvalue weighted by molar-refractivity contribution is 0.0937. The number of aryl methyl sites for hydroxylation is 2. The highest BCUT2D eigenvalue weighted by Gasteiger charge is 2.18. The number of carbonyl (C=O) groups excluding carboxylic acids is 1. The number of hydrogen-bond donors (Lipinski definition) is 2. The first-order chi connectivity index (χ1) is 11.1. The van der Waals surface area contributed by atoms with Crippen LogP contribution in [0.15, 0.2) is 36.7 Å². The van der Waals surface area contributed by atoms with Crippen LogP contribution in [0.1, 0.15) is 47.2 Å². The highest BCUT2D eigenvalue weighted by molar-refractivity contribution is 5.95. The Morgan fingerprint density at radius 3 is 2.39 bits per heavy atom. The van der Waals surface area contributed by atoms with E-state index in [9.17, 15) is 4.79 Å². The fraction of sp³-hybridized carbons (Fsp3) is 0.368. The van der Waals surface area contributed by atoms with Crippen molar-refractivity contribution in [1.29, 1.82) is 0 Å². The van der Waals surface area contributed by atoms with Crippen molar-refractivity contribution >= 4 is 17.3 Å². The van der Waals surface area contributed by atoms with Gasteiger partial charge in [-0.1, -0.05) is 18.9 Å². The standard InChI is InChI=1S/C19H23N3O/c1-13-7-14(2)9-17(8-13)21-18-10-15(11-20-12-18)19(23)22-16-5-3-4-6-16/h7-12,16,21H,3-6H2,1-2H3,(H,22,23). The first-order valence-electron chi connectivity index (χ1n) is 8.21. The van der Waals surface area contributed by atoms with Crippen molar-refractivity contribution in [1.82, 2.24) is 10.3 Å². The molecule has 0 radical (unpaired) electrons. The first kappa shape index (κ1) is 15.5. The third kappa shape index (κ3) is 4.09. The van der Waals surface area contributed by atoms with Gasteiger partial charge in [0.15, 0.2) is 0 Å². The Labute approximate surface area is 137 Å². The summed E-state index contributed by atoms with van der Waals surface area (Å²) in [7, 11) is 0. The van der Waals surface area contributed by atoms with Crippen LogP contribution in [0.25, 0.3) is 0 Å². The number of hydrogen-bond acceptors (Lipinski definition) is 3. The van der Waals surface area contributed by atoms with Crippen LogP contribution in [0.2, 0.25) is 0 Å². The lowest BCUT2D eigenvalue weighted by atomic mass is 10.1. The molecule has 0 atom stereocenters. The fourth-order valence-electron chi connectivity index (χ4n) is 3.18. The van der Waals surface area contributed by atoms with E-state index < -0.39 is 0 Å². The molecule has 23 heavy (non-hydrogen) atoms. The van der Waals surface area contributed by atoms with E-state index in [-0.39, 0.29) is 5.91 Å². The van der Waals surface area contributed by atoms with Crippen LogP contribution in [-0.2, 0) is 0 Å². The van der Waals surface area contributed by atoms with Crippen molar-refractivity contribution in [2.45, 2.75) is 45.6 Å². The zero-order valence-electron chi connectivity index (χ0n) is 13.7. The van der Waals surface area contributed by atoms with E-state index in [1.54, 1.807) is 12.4 Å². The zero-order chi connectivity index (χ0) is 16.2. The third-order valence-corrected chi connectivity index (χ3v) is 4.20. The number of nitrogens with one attached hydrogen (secondary N) is 2. The number of amides is 1. The molecule has 0 aliphatic heterocycles. The molecule has 0 saturated heterocycles. The highest BCUT2D eigenvalue weighted by Crippen LogP contribution is 2.21. The van der Waals surface area contributed by atoms with E-state index in [0.29, 0.717) is 11.6 Å². The smallest absolute Gasteiger partial charge is 0.253 e. The van der Waals surface area contributed by atoms with E-state index in [0.717, 1.165) is 24.2 Å². The third-order valence-electron chi connectivity index (χ3n) is 4.20. The van der Waals surface area contributed by atoms with E-state index in [4.69, 9.17) is 0 Å². The van der Waals surface area contributed by atoms with Gasteiger partial charge in [-0.25, -0.2) is 0 Å². The molecule has 0 spiro atoms. The molecule has 2 aromatic rings. The number of aromatic nitrogens is 1. The second-order valence-corrected chi connectivity index (χ2v) is 6.42. The maximum atomic E-state index is 12.3. The Hall–Kier alpha value is -2.36. The van der Waals surface area contributed by atoms with Crippen LogP contribution < -0.4 is 10.6 Å². The molecule has 4 heteroatoms. The number of carbonyl (C=O) groups is 1. The van der Waals surface area contributed by atoms with Gasteiger partial charge in [-0.2, -0.15) is 0 Å².